The lowest BCUT2D eigenvalue weighted by molar-refractivity contribution is -0.159. The molecule has 1 aromatic heterocycles. The molecule has 8 nitrogen and oxygen atoms in total. The van der Waals surface area contributed by atoms with Crippen LogP contribution in [0.25, 0.3) is 11.8 Å². The smallest absolute Gasteiger partial charge is 0.320 e. The molecule has 3 heterocycles. The Hall–Kier alpha value is -3.64. The van der Waals surface area contributed by atoms with Gasteiger partial charge in [0, 0.05) is 31.9 Å². The average molecular weight is 573 g/mol. The molecule has 2 saturated heterocycles. The maximum absolute atomic E-state index is 13.8. The number of hydrogen-bond donors (Lipinski definition) is 0. The van der Waals surface area contributed by atoms with Gasteiger partial charge in [-0.1, -0.05) is 6.07 Å². The molecule has 40 heavy (non-hydrogen) atoms. The van der Waals surface area contributed by atoms with Gasteiger partial charge in [-0.3, -0.25) is 4.79 Å². The van der Waals surface area contributed by atoms with Crippen molar-refractivity contribution in [2.45, 2.75) is 30.3 Å². The fraction of sp³-hybridized carbons (Fsp3) is 0.357. The van der Waals surface area contributed by atoms with Gasteiger partial charge in [-0.25, -0.2) is 26.3 Å². The number of carbonyl (C=O) groups excluding carboxylic acids is 1. The van der Waals surface area contributed by atoms with E-state index >= 15 is 0 Å². The molecule has 2 aromatic carbocycles. The molecule has 3 aromatic rings. The number of aromatic nitrogens is 2. The van der Waals surface area contributed by atoms with Crippen LogP contribution >= 0.6 is 0 Å². The molecule has 0 saturated carbocycles. The first-order valence-corrected chi connectivity index (χ1v) is 14.4. The van der Waals surface area contributed by atoms with Crippen LogP contribution in [-0.2, 0) is 26.0 Å². The first kappa shape index (κ1) is 26.6. The number of sulfonamides is 1. The van der Waals surface area contributed by atoms with Gasteiger partial charge in [0.2, 0.25) is 16.9 Å². The summed E-state index contributed by atoms with van der Waals surface area (Å²) in [5.74, 6) is -1.23. The summed E-state index contributed by atoms with van der Waals surface area (Å²) in [4.78, 5) is 15.2. The number of esters is 1. The van der Waals surface area contributed by atoms with Crippen LogP contribution in [0.3, 0.4) is 0 Å². The summed E-state index contributed by atoms with van der Waals surface area (Å²) in [5.41, 5.74) is 1.76. The third-order valence-corrected chi connectivity index (χ3v) is 9.82. The molecular weight excluding hydrogens is 545 g/mol. The van der Waals surface area contributed by atoms with E-state index in [-0.39, 0.29) is 43.2 Å². The summed E-state index contributed by atoms with van der Waals surface area (Å²) in [6.07, 6.45) is 3.05. The minimum Gasteiger partial charge on any atom is -0.433 e. The van der Waals surface area contributed by atoms with Crippen LogP contribution in [0, 0.1) is 11.2 Å². The fourth-order valence-electron chi connectivity index (χ4n) is 5.91. The molecule has 0 bridgehead atoms. The van der Waals surface area contributed by atoms with Gasteiger partial charge in [-0.15, -0.1) is 0 Å². The maximum atomic E-state index is 13.8. The number of carbonyl (C=O) groups is 1. The first-order valence-electron chi connectivity index (χ1n) is 13.0. The van der Waals surface area contributed by atoms with E-state index in [1.165, 1.54) is 28.6 Å². The summed E-state index contributed by atoms with van der Waals surface area (Å²) < 4.78 is 75.9. The van der Waals surface area contributed by atoms with Crippen molar-refractivity contribution in [1.82, 2.24) is 14.1 Å². The number of fused-ring (bicyclic) bond motifs is 2. The van der Waals surface area contributed by atoms with E-state index in [0.29, 0.717) is 41.2 Å². The molecule has 1 aliphatic carbocycles. The number of nitrogens with zero attached hydrogens (tertiary/aromatic N) is 4. The van der Waals surface area contributed by atoms with Crippen LogP contribution in [0.15, 0.2) is 65.2 Å². The second-order valence-electron chi connectivity index (χ2n) is 10.3. The SMILES string of the molecule is O=C(OCF)C12Cc3cnn(-c4ccc(F)cc4)c3C=C1CCN(S(=O)(=O)c1cccc(N3CCC(F)C3)c1)C2. The molecule has 0 N–H and O–H groups in total. The molecule has 12 heteroatoms. The van der Waals surface area contributed by atoms with Crippen LogP contribution in [0.5, 0.6) is 0 Å². The zero-order valence-electron chi connectivity index (χ0n) is 21.5. The van der Waals surface area contributed by atoms with Crippen molar-refractivity contribution < 1.29 is 31.1 Å². The molecule has 2 aliphatic heterocycles. The fourth-order valence-corrected chi connectivity index (χ4v) is 7.45. The topological polar surface area (TPSA) is 84.7 Å². The van der Waals surface area contributed by atoms with Crippen LogP contribution in [0.4, 0.5) is 18.9 Å². The van der Waals surface area contributed by atoms with E-state index in [9.17, 15) is 26.4 Å². The Morgan fingerprint density at radius 1 is 1.12 bits per heavy atom. The van der Waals surface area contributed by atoms with E-state index in [4.69, 9.17) is 4.74 Å². The summed E-state index contributed by atoms with van der Waals surface area (Å²) in [6.45, 7) is -0.779. The Kier molecular flexibility index (Phi) is 6.70. The van der Waals surface area contributed by atoms with Crippen molar-refractivity contribution in [3.8, 4) is 5.69 Å². The monoisotopic (exact) mass is 572 g/mol. The lowest BCUT2D eigenvalue weighted by Gasteiger charge is -2.43. The van der Waals surface area contributed by atoms with Crippen LogP contribution < -0.4 is 4.90 Å². The number of alkyl halides is 2. The minimum atomic E-state index is -4.06. The molecule has 6 rings (SSSR count). The van der Waals surface area contributed by atoms with E-state index in [1.54, 1.807) is 41.2 Å². The Morgan fingerprint density at radius 2 is 1.93 bits per heavy atom. The van der Waals surface area contributed by atoms with Gasteiger partial charge in [-0.05, 0) is 78.9 Å². The van der Waals surface area contributed by atoms with Crippen molar-refractivity contribution in [2.75, 3.05) is 37.9 Å². The van der Waals surface area contributed by atoms with Gasteiger partial charge in [0.25, 0.3) is 0 Å². The first-order chi connectivity index (χ1) is 19.2. The number of hydrogen-bond acceptors (Lipinski definition) is 6. The van der Waals surface area contributed by atoms with E-state index < -0.39 is 34.4 Å². The number of piperidine rings is 1. The lowest BCUT2D eigenvalue weighted by Crippen LogP contribution is -2.53. The second kappa shape index (κ2) is 10.1. The van der Waals surface area contributed by atoms with Crippen molar-refractivity contribution in [3.63, 3.8) is 0 Å². The predicted molar refractivity (Wildman–Crippen MR) is 141 cm³/mol. The number of rotatable bonds is 6. The number of benzene rings is 2. The highest BCUT2D eigenvalue weighted by molar-refractivity contribution is 7.89. The van der Waals surface area contributed by atoms with Crippen LogP contribution in [-0.4, -0.2) is 67.7 Å². The third-order valence-electron chi connectivity index (χ3n) is 7.98. The molecule has 210 valence electrons. The second-order valence-corrected chi connectivity index (χ2v) is 12.3. The molecule has 3 aliphatic rings. The Morgan fingerprint density at radius 3 is 2.65 bits per heavy atom. The molecule has 2 fully saturated rings. The third kappa shape index (κ3) is 4.48. The summed E-state index contributed by atoms with van der Waals surface area (Å²) in [7, 11) is -4.06. The summed E-state index contributed by atoms with van der Waals surface area (Å²) in [5, 5.41) is 4.42. The predicted octanol–water partition coefficient (Wildman–Crippen LogP) is 4.05. The highest BCUT2D eigenvalue weighted by atomic mass is 32.2. The number of ether oxygens (including phenoxy) is 1. The quantitative estimate of drug-likeness (QED) is 0.415. The van der Waals surface area contributed by atoms with Gasteiger partial charge >= 0.3 is 5.97 Å². The highest BCUT2D eigenvalue weighted by Crippen LogP contribution is 2.46. The normalized spacial score (nSPS) is 22.9. The zero-order valence-corrected chi connectivity index (χ0v) is 22.3. The molecule has 2 unspecified atom stereocenters. The summed E-state index contributed by atoms with van der Waals surface area (Å²) >= 11 is 0. The highest BCUT2D eigenvalue weighted by Gasteiger charge is 2.52. The van der Waals surface area contributed by atoms with Crippen molar-refractivity contribution in [2.24, 2.45) is 5.41 Å². The van der Waals surface area contributed by atoms with E-state index in [2.05, 4.69) is 5.10 Å². The number of anilines is 1. The molecule has 2 atom stereocenters. The Labute approximate surface area is 229 Å². The summed E-state index contributed by atoms with van der Waals surface area (Å²) in [6, 6.07) is 12.2. The van der Waals surface area contributed by atoms with Gasteiger partial charge in [-0.2, -0.15) is 9.40 Å². The minimum absolute atomic E-state index is 0.0365. The lowest BCUT2D eigenvalue weighted by atomic mass is 9.69. The van der Waals surface area contributed by atoms with Gasteiger partial charge < -0.3 is 9.64 Å². The van der Waals surface area contributed by atoms with Crippen LogP contribution in [0.2, 0.25) is 0 Å². The molecule has 0 amide bonds. The van der Waals surface area contributed by atoms with Gasteiger partial charge in [0.1, 0.15) is 17.4 Å². The van der Waals surface area contributed by atoms with Crippen LogP contribution in [0.1, 0.15) is 24.1 Å². The van der Waals surface area contributed by atoms with E-state index in [1.807, 2.05) is 4.90 Å². The standard InChI is InChI=1S/C28H27F3N4O4S/c29-18-39-27(36)28-14-19-15-32-35(23-6-4-21(30)5-7-23)26(19)12-20(28)8-11-34(17-28)40(37,38)25-3-1-2-24(13-25)33-10-9-22(31)16-33/h1-7,12-13,15,22H,8-11,14,16-18H2. The van der Waals surface area contributed by atoms with Crippen molar-refractivity contribution in [1.29, 1.82) is 0 Å². The maximum Gasteiger partial charge on any atom is 0.320 e. The van der Waals surface area contributed by atoms with Crippen molar-refractivity contribution >= 4 is 27.8 Å². The van der Waals surface area contributed by atoms with Crippen molar-refractivity contribution in [3.05, 3.63) is 77.4 Å². The van der Waals surface area contributed by atoms with Gasteiger partial charge in [0.15, 0.2) is 0 Å². The Balaban J connectivity index is 1.34. The molecular formula is C28H27F3N4O4S. The zero-order chi connectivity index (χ0) is 28.1. The van der Waals surface area contributed by atoms with Gasteiger partial charge in [0.05, 0.1) is 22.5 Å². The largest absolute Gasteiger partial charge is 0.433 e. The van der Waals surface area contributed by atoms with E-state index in [0.717, 1.165) is 0 Å². The molecule has 0 radical (unpaired) electrons. The number of halogens is 3. The average Bonchev–Trinajstić information content (AvgIpc) is 3.58. The molecule has 0 spiro atoms. The Bertz CT molecular complexity index is 1590.